The largest absolute Gasteiger partial charge is 0.306 e. The summed E-state index contributed by atoms with van der Waals surface area (Å²) < 4.78 is 2.32. The summed E-state index contributed by atoms with van der Waals surface area (Å²) in [7, 11) is 0. The van der Waals surface area contributed by atoms with Gasteiger partial charge in [0.15, 0.2) is 5.82 Å². The Morgan fingerprint density at radius 2 is 1.37 bits per heavy atom. The molecule has 5 aromatic carbocycles. The van der Waals surface area contributed by atoms with Crippen molar-refractivity contribution >= 4 is 32.7 Å². The van der Waals surface area contributed by atoms with E-state index in [2.05, 4.69) is 128 Å². The summed E-state index contributed by atoms with van der Waals surface area (Å²) in [6.45, 7) is 4.69. The van der Waals surface area contributed by atoms with E-state index in [-0.39, 0.29) is 5.41 Å². The van der Waals surface area contributed by atoms with E-state index in [9.17, 15) is 0 Å². The van der Waals surface area contributed by atoms with Crippen molar-refractivity contribution in [2.24, 2.45) is 0 Å². The number of aromatic nitrogens is 3. The molecule has 0 aliphatic heterocycles. The highest BCUT2D eigenvalue weighted by Gasteiger charge is 2.38. The second-order valence-electron chi connectivity index (χ2n) is 10.7. The second-order valence-corrected chi connectivity index (χ2v) is 10.7. The van der Waals surface area contributed by atoms with Gasteiger partial charge in [-0.15, -0.1) is 0 Å². The molecule has 0 bridgehead atoms. The van der Waals surface area contributed by atoms with Crippen LogP contribution < -0.4 is 0 Å². The first-order chi connectivity index (χ1) is 18.6. The Labute approximate surface area is 221 Å². The molecule has 0 radical (unpaired) electrons. The lowest BCUT2D eigenvalue weighted by molar-refractivity contribution is 0.666. The third kappa shape index (κ3) is 2.79. The molecule has 0 atom stereocenters. The number of fused-ring (bicyclic) bond motifs is 8. The van der Waals surface area contributed by atoms with E-state index in [1.807, 2.05) is 6.20 Å². The molecule has 38 heavy (non-hydrogen) atoms. The summed E-state index contributed by atoms with van der Waals surface area (Å²) in [5.74, 6) is 0.757. The average molecular weight is 488 g/mol. The van der Waals surface area contributed by atoms with Crippen LogP contribution in [-0.2, 0) is 5.41 Å². The Morgan fingerprint density at radius 1 is 0.632 bits per heavy atom. The molecule has 2 aromatic heterocycles. The fourth-order valence-electron chi connectivity index (χ4n) is 6.55. The van der Waals surface area contributed by atoms with Gasteiger partial charge in [0.1, 0.15) is 5.52 Å². The molecule has 3 heteroatoms. The van der Waals surface area contributed by atoms with Crippen molar-refractivity contribution < 1.29 is 0 Å². The van der Waals surface area contributed by atoms with Gasteiger partial charge < -0.3 is 4.57 Å². The van der Waals surface area contributed by atoms with Gasteiger partial charge in [0.05, 0.1) is 17.2 Å². The van der Waals surface area contributed by atoms with Crippen LogP contribution in [0.4, 0.5) is 0 Å². The molecule has 8 rings (SSSR count). The first kappa shape index (κ1) is 21.3. The fourth-order valence-corrected chi connectivity index (χ4v) is 6.55. The molecule has 2 heterocycles. The predicted molar refractivity (Wildman–Crippen MR) is 157 cm³/mol. The Bertz CT molecular complexity index is 2040. The Kier molecular flexibility index (Phi) is 4.28. The lowest BCUT2D eigenvalue weighted by Crippen LogP contribution is -2.15. The Hall–Kier alpha value is -4.76. The molecule has 0 saturated heterocycles. The monoisotopic (exact) mass is 487 g/mol. The van der Waals surface area contributed by atoms with Crippen LogP contribution >= 0.6 is 0 Å². The van der Waals surface area contributed by atoms with E-state index in [1.54, 1.807) is 0 Å². The second kappa shape index (κ2) is 7.62. The first-order valence-corrected chi connectivity index (χ1v) is 13.1. The van der Waals surface area contributed by atoms with Crippen molar-refractivity contribution in [3.05, 3.63) is 127 Å². The van der Waals surface area contributed by atoms with Gasteiger partial charge in [-0.25, -0.2) is 9.97 Å². The maximum Gasteiger partial charge on any atom is 0.160 e. The molecule has 0 saturated carbocycles. The molecular weight excluding hydrogens is 462 g/mol. The van der Waals surface area contributed by atoms with Crippen LogP contribution in [0, 0.1) is 0 Å². The minimum Gasteiger partial charge on any atom is -0.306 e. The quantitative estimate of drug-likeness (QED) is 0.244. The van der Waals surface area contributed by atoms with Crippen molar-refractivity contribution in [2.75, 3.05) is 0 Å². The number of nitrogens with zero attached hydrogens (tertiary/aromatic N) is 3. The Balaban J connectivity index is 1.52. The molecule has 0 spiro atoms. The smallest absolute Gasteiger partial charge is 0.160 e. The van der Waals surface area contributed by atoms with Gasteiger partial charge >= 0.3 is 0 Å². The summed E-state index contributed by atoms with van der Waals surface area (Å²) in [5.41, 5.74) is 10.5. The number of rotatable bonds is 2. The average Bonchev–Trinajstić information content (AvgIpc) is 3.41. The third-order valence-corrected chi connectivity index (χ3v) is 8.23. The summed E-state index contributed by atoms with van der Waals surface area (Å²) in [6.07, 6.45) is 2.01. The van der Waals surface area contributed by atoms with Crippen molar-refractivity contribution in [1.29, 1.82) is 0 Å². The van der Waals surface area contributed by atoms with Gasteiger partial charge in [0.25, 0.3) is 0 Å². The number of hydrogen-bond acceptors (Lipinski definition) is 2. The zero-order valence-electron chi connectivity index (χ0n) is 21.3. The number of benzene rings is 5. The SMILES string of the molecule is CC1(C)c2ccccc2-c2ccc3c(c21)c1nc(-c2cccc4ccccc24)ncc1n3-c1ccccc1. The van der Waals surface area contributed by atoms with Crippen molar-refractivity contribution in [2.45, 2.75) is 19.3 Å². The lowest BCUT2D eigenvalue weighted by atomic mass is 9.81. The summed E-state index contributed by atoms with van der Waals surface area (Å²) >= 11 is 0. The van der Waals surface area contributed by atoms with E-state index < -0.39 is 0 Å². The summed E-state index contributed by atoms with van der Waals surface area (Å²) in [5, 5.41) is 3.57. The van der Waals surface area contributed by atoms with Crippen LogP contribution in [0.5, 0.6) is 0 Å². The molecule has 0 amide bonds. The maximum atomic E-state index is 5.34. The Morgan fingerprint density at radius 3 is 2.26 bits per heavy atom. The molecule has 0 unspecified atom stereocenters. The highest BCUT2D eigenvalue weighted by molar-refractivity contribution is 6.13. The number of para-hydroxylation sites is 1. The van der Waals surface area contributed by atoms with Gasteiger partial charge in [-0.2, -0.15) is 0 Å². The minimum absolute atomic E-state index is 0.147. The van der Waals surface area contributed by atoms with E-state index in [4.69, 9.17) is 9.97 Å². The van der Waals surface area contributed by atoms with Crippen LogP contribution in [0.1, 0.15) is 25.0 Å². The summed E-state index contributed by atoms with van der Waals surface area (Å²) in [6, 6.07) is 38.7. The van der Waals surface area contributed by atoms with Crippen molar-refractivity contribution in [1.82, 2.24) is 14.5 Å². The fraction of sp³-hybridized carbons (Fsp3) is 0.0857. The van der Waals surface area contributed by atoms with E-state index in [0.29, 0.717) is 0 Å². The minimum atomic E-state index is -0.147. The van der Waals surface area contributed by atoms with Gasteiger partial charge in [0, 0.05) is 22.1 Å². The van der Waals surface area contributed by atoms with Crippen molar-refractivity contribution in [3.8, 4) is 28.2 Å². The maximum absolute atomic E-state index is 5.34. The summed E-state index contributed by atoms with van der Waals surface area (Å²) in [4.78, 5) is 10.3. The van der Waals surface area contributed by atoms with Crippen LogP contribution in [0.25, 0.3) is 60.9 Å². The van der Waals surface area contributed by atoms with Crippen LogP contribution in [0.2, 0.25) is 0 Å². The highest BCUT2D eigenvalue weighted by Crippen LogP contribution is 2.53. The molecule has 1 aliphatic rings. The van der Waals surface area contributed by atoms with Crippen LogP contribution in [0.15, 0.2) is 115 Å². The van der Waals surface area contributed by atoms with Gasteiger partial charge in [0.2, 0.25) is 0 Å². The first-order valence-electron chi connectivity index (χ1n) is 13.1. The van der Waals surface area contributed by atoms with Crippen molar-refractivity contribution in [3.63, 3.8) is 0 Å². The van der Waals surface area contributed by atoms with E-state index in [0.717, 1.165) is 33.6 Å². The van der Waals surface area contributed by atoms with Gasteiger partial charge in [-0.3, -0.25) is 0 Å². The molecule has 0 fully saturated rings. The van der Waals surface area contributed by atoms with E-state index in [1.165, 1.54) is 38.4 Å². The van der Waals surface area contributed by atoms with Crippen LogP contribution in [0.3, 0.4) is 0 Å². The zero-order chi connectivity index (χ0) is 25.4. The molecule has 7 aromatic rings. The molecule has 180 valence electrons. The molecular formula is C35H25N3. The zero-order valence-corrected chi connectivity index (χ0v) is 21.3. The standard InChI is InChI=1S/C35H25N3/c1-35(2)28-18-9-8-16-25(28)26-19-20-29-31(32(26)35)33-30(38(29)23-13-4-3-5-14-23)21-36-34(37-33)27-17-10-12-22-11-6-7-15-24(22)27/h3-21H,1-2H3. The van der Waals surface area contributed by atoms with Crippen LogP contribution in [-0.4, -0.2) is 14.5 Å². The molecule has 3 nitrogen and oxygen atoms in total. The normalized spacial score (nSPS) is 13.7. The van der Waals surface area contributed by atoms with Gasteiger partial charge in [-0.1, -0.05) is 105 Å². The number of hydrogen-bond donors (Lipinski definition) is 0. The lowest BCUT2D eigenvalue weighted by Gasteiger charge is -2.22. The topological polar surface area (TPSA) is 30.7 Å². The predicted octanol–water partition coefficient (Wildman–Crippen LogP) is 8.70. The highest BCUT2D eigenvalue weighted by atomic mass is 15.0. The van der Waals surface area contributed by atoms with Gasteiger partial charge in [-0.05, 0) is 51.2 Å². The molecule has 0 N–H and O–H groups in total. The third-order valence-electron chi connectivity index (χ3n) is 8.23. The molecule has 1 aliphatic carbocycles. The van der Waals surface area contributed by atoms with E-state index >= 15 is 0 Å².